The second-order valence-electron chi connectivity index (χ2n) is 5.55. The number of aromatic amines is 1. The van der Waals surface area contributed by atoms with E-state index in [9.17, 15) is 4.79 Å². The van der Waals surface area contributed by atoms with Crippen molar-refractivity contribution in [1.29, 1.82) is 0 Å². The highest BCUT2D eigenvalue weighted by molar-refractivity contribution is 5.91. The third-order valence-electron chi connectivity index (χ3n) is 3.76. The molecule has 1 aromatic heterocycles. The number of anilines is 1. The van der Waals surface area contributed by atoms with Gasteiger partial charge >= 0.3 is 0 Å². The molecule has 2 N–H and O–H groups in total. The maximum atomic E-state index is 12.0. The highest BCUT2D eigenvalue weighted by Crippen LogP contribution is 2.23. The van der Waals surface area contributed by atoms with Crippen LogP contribution in [0.1, 0.15) is 32.6 Å². The lowest BCUT2D eigenvalue weighted by atomic mass is 10.1. The van der Waals surface area contributed by atoms with E-state index in [1.54, 1.807) is 0 Å². The average molecular weight is 301 g/mol. The van der Waals surface area contributed by atoms with E-state index in [0.717, 1.165) is 30.5 Å². The summed E-state index contributed by atoms with van der Waals surface area (Å²) >= 11 is 0. The highest BCUT2D eigenvalue weighted by atomic mass is 16.5. The van der Waals surface area contributed by atoms with Gasteiger partial charge in [-0.25, -0.2) is 0 Å². The molecule has 22 heavy (non-hydrogen) atoms. The number of carbonyl (C=O) groups excluding carboxylic acids is 1. The molecule has 1 aromatic carbocycles. The molecule has 0 saturated carbocycles. The van der Waals surface area contributed by atoms with Crippen molar-refractivity contribution >= 4 is 11.6 Å². The van der Waals surface area contributed by atoms with Crippen LogP contribution in [0.25, 0.3) is 11.4 Å². The minimum absolute atomic E-state index is 0.00610. The van der Waals surface area contributed by atoms with Gasteiger partial charge in [-0.3, -0.25) is 4.79 Å². The Morgan fingerprint density at radius 1 is 1.45 bits per heavy atom. The van der Waals surface area contributed by atoms with Crippen LogP contribution in [0, 0.1) is 0 Å². The third kappa shape index (κ3) is 3.67. The van der Waals surface area contributed by atoms with Gasteiger partial charge in [-0.2, -0.15) is 5.21 Å². The summed E-state index contributed by atoms with van der Waals surface area (Å²) < 4.78 is 5.72. The zero-order valence-corrected chi connectivity index (χ0v) is 12.5. The average Bonchev–Trinajstić information content (AvgIpc) is 3.17. The molecule has 0 spiro atoms. The van der Waals surface area contributed by atoms with Crippen LogP contribution in [0.15, 0.2) is 24.3 Å². The maximum Gasteiger partial charge on any atom is 0.224 e. The number of nitrogens with zero attached hydrogens (tertiary/aromatic N) is 3. The SMILES string of the molecule is CC1CCC(CCC(=O)Nc2cccc(-c3nn[nH]n3)c2)O1. The van der Waals surface area contributed by atoms with Crippen LogP contribution in [-0.2, 0) is 9.53 Å². The Labute approximate surface area is 128 Å². The van der Waals surface area contributed by atoms with Gasteiger partial charge in [-0.1, -0.05) is 12.1 Å². The fourth-order valence-corrected chi connectivity index (χ4v) is 2.63. The number of tetrazole rings is 1. The zero-order chi connectivity index (χ0) is 15.4. The van der Waals surface area contributed by atoms with Gasteiger partial charge in [0.1, 0.15) is 0 Å². The molecule has 116 valence electrons. The van der Waals surface area contributed by atoms with E-state index < -0.39 is 0 Å². The Morgan fingerprint density at radius 3 is 3.09 bits per heavy atom. The number of ether oxygens (including phenoxy) is 1. The fourth-order valence-electron chi connectivity index (χ4n) is 2.63. The standard InChI is InChI=1S/C15H19N5O2/c1-10-5-6-13(22-10)7-8-14(21)16-12-4-2-3-11(9-12)15-17-19-20-18-15/h2-4,9-10,13H,5-8H2,1H3,(H,16,21)(H,17,18,19,20). The molecule has 2 aromatic rings. The molecule has 3 rings (SSSR count). The van der Waals surface area contributed by atoms with Gasteiger partial charge in [0.25, 0.3) is 0 Å². The van der Waals surface area contributed by atoms with E-state index >= 15 is 0 Å². The Morgan fingerprint density at radius 2 is 2.36 bits per heavy atom. The summed E-state index contributed by atoms with van der Waals surface area (Å²) in [6.07, 6.45) is 3.89. The van der Waals surface area contributed by atoms with Crippen molar-refractivity contribution in [2.75, 3.05) is 5.32 Å². The minimum Gasteiger partial charge on any atom is -0.375 e. The summed E-state index contributed by atoms with van der Waals surface area (Å²) in [5.74, 6) is 0.498. The van der Waals surface area contributed by atoms with Gasteiger partial charge in [-0.15, -0.1) is 10.2 Å². The first-order valence-electron chi connectivity index (χ1n) is 7.50. The van der Waals surface area contributed by atoms with E-state index in [4.69, 9.17) is 4.74 Å². The summed E-state index contributed by atoms with van der Waals surface area (Å²) in [4.78, 5) is 12.0. The summed E-state index contributed by atoms with van der Waals surface area (Å²) in [6.45, 7) is 2.07. The Bertz CT molecular complexity index is 629. The summed E-state index contributed by atoms with van der Waals surface area (Å²) in [5.41, 5.74) is 1.53. The van der Waals surface area contributed by atoms with Crippen LogP contribution in [-0.4, -0.2) is 38.7 Å². The molecule has 2 heterocycles. The van der Waals surface area contributed by atoms with E-state index in [1.807, 2.05) is 24.3 Å². The van der Waals surface area contributed by atoms with Crippen molar-refractivity contribution < 1.29 is 9.53 Å². The van der Waals surface area contributed by atoms with Crippen LogP contribution < -0.4 is 5.32 Å². The number of H-pyrrole nitrogens is 1. The summed E-state index contributed by atoms with van der Waals surface area (Å²) in [6, 6.07) is 7.39. The molecular weight excluding hydrogens is 282 g/mol. The lowest BCUT2D eigenvalue weighted by Crippen LogP contribution is -2.16. The van der Waals surface area contributed by atoms with Gasteiger partial charge in [0.15, 0.2) is 0 Å². The highest BCUT2D eigenvalue weighted by Gasteiger charge is 2.22. The van der Waals surface area contributed by atoms with Crippen molar-refractivity contribution in [3.8, 4) is 11.4 Å². The lowest BCUT2D eigenvalue weighted by molar-refractivity contribution is -0.116. The van der Waals surface area contributed by atoms with E-state index in [1.165, 1.54) is 0 Å². The van der Waals surface area contributed by atoms with Gasteiger partial charge in [0, 0.05) is 17.7 Å². The van der Waals surface area contributed by atoms with E-state index in [0.29, 0.717) is 18.3 Å². The summed E-state index contributed by atoms with van der Waals surface area (Å²) in [7, 11) is 0. The molecule has 1 aliphatic rings. The first-order valence-corrected chi connectivity index (χ1v) is 7.50. The van der Waals surface area contributed by atoms with Crippen LogP contribution in [0.4, 0.5) is 5.69 Å². The normalized spacial score (nSPS) is 21.0. The Balaban J connectivity index is 1.54. The van der Waals surface area contributed by atoms with Crippen molar-refractivity contribution in [2.24, 2.45) is 0 Å². The number of rotatable bonds is 5. The van der Waals surface area contributed by atoms with Crippen molar-refractivity contribution in [1.82, 2.24) is 20.6 Å². The van der Waals surface area contributed by atoms with Crippen molar-refractivity contribution in [3.63, 3.8) is 0 Å². The molecular formula is C15H19N5O2. The number of amides is 1. The molecule has 2 atom stereocenters. The maximum absolute atomic E-state index is 12.0. The molecule has 7 nitrogen and oxygen atoms in total. The van der Waals surface area contributed by atoms with Gasteiger partial charge < -0.3 is 10.1 Å². The number of aromatic nitrogens is 4. The third-order valence-corrected chi connectivity index (χ3v) is 3.76. The predicted molar refractivity (Wildman–Crippen MR) is 81.0 cm³/mol. The van der Waals surface area contributed by atoms with Gasteiger partial charge in [0.2, 0.25) is 11.7 Å². The number of benzene rings is 1. The van der Waals surface area contributed by atoms with Crippen LogP contribution in [0.2, 0.25) is 0 Å². The molecule has 0 radical (unpaired) electrons. The molecule has 2 unspecified atom stereocenters. The first kappa shape index (κ1) is 14.6. The monoisotopic (exact) mass is 301 g/mol. The molecule has 1 fully saturated rings. The second kappa shape index (κ2) is 6.65. The minimum atomic E-state index is -0.00610. The lowest BCUT2D eigenvalue weighted by Gasteiger charge is -2.11. The number of hydrogen-bond donors (Lipinski definition) is 2. The Kier molecular flexibility index (Phi) is 4.43. The first-order chi connectivity index (χ1) is 10.7. The molecule has 1 saturated heterocycles. The largest absolute Gasteiger partial charge is 0.375 e. The molecule has 1 aliphatic heterocycles. The van der Waals surface area contributed by atoms with Crippen molar-refractivity contribution in [3.05, 3.63) is 24.3 Å². The fraction of sp³-hybridized carbons (Fsp3) is 0.467. The number of hydrogen-bond acceptors (Lipinski definition) is 5. The van der Waals surface area contributed by atoms with E-state index in [-0.39, 0.29) is 12.0 Å². The Hall–Kier alpha value is -2.28. The van der Waals surface area contributed by atoms with Gasteiger partial charge in [-0.05, 0) is 43.5 Å². The quantitative estimate of drug-likeness (QED) is 0.882. The van der Waals surface area contributed by atoms with Crippen LogP contribution in [0.5, 0.6) is 0 Å². The smallest absolute Gasteiger partial charge is 0.224 e. The molecule has 1 amide bonds. The topological polar surface area (TPSA) is 92.8 Å². The number of nitrogens with one attached hydrogen (secondary N) is 2. The van der Waals surface area contributed by atoms with Crippen LogP contribution >= 0.6 is 0 Å². The molecule has 7 heteroatoms. The summed E-state index contributed by atoms with van der Waals surface area (Å²) in [5, 5.41) is 16.7. The zero-order valence-electron chi connectivity index (χ0n) is 12.5. The molecule has 0 bridgehead atoms. The van der Waals surface area contributed by atoms with Gasteiger partial charge in [0.05, 0.1) is 12.2 Å². The second-order valence-corrected chi connectivity index (χ2v) is 5.55. The van der Waals surface area contributed by atoms with Crippen molar-refractivity contribution in [2.45, 2.75) is 44.8 Å². The predicted octanol–water partition coefficient (Wildman–Crippen LogP) is 2.15. The van der Waals surface area contributed by atoms with Crippen LogP contribution in [0.3, 0.4) is 0 Å². The van der Waals surface area contributed by atoms with E-state index in [2.05, 4.69) is 32.9 Å². The number of carbonyl (C=O) groups is 1. The molecule has 0 aliphatic carbocycles.